The quantitative estimate of drug-likeness (QED) is 0.251. The number of aliphatic hydroxyl groups is 1. The molecule has 5 nitrogen and oxygen atoms in total. The normalized spacial score (nSPS) is 18.1. The van der Waals surface area contributed by atoms with Crippen LogP contribution in [0.5, 0.6) is 0 Å². The number of likely N-dealkylation sites (tertiary alicyclic amines) is 1. The highest BCUT2D eigenvalue weighted by Gasteiger charge is 2.44. The summed E-state index contributed by atoms with van der Waals surface area (Å²) in [4.78, 5) is 28.9. The summed E-state index contributed by atoms with van der Waals surface area (Å²) < 4.78 is 13.2. The highest BCUT2D eigenvalue weighted by atomic mass is 35.5. The average Bonchev–Trinajstić information content (AvgIpc) is 3.57. The van der Waals surface area contributed by atoms with Crippen LogP contribution in [0.2, 0.25) is 5.02 Å². The van der Waals surface area contributed by atoms with Gasteiger partial charge in [-0.3, -0.25) is 14.5 Å². The summed E-state index contributed by atoms with van der Waals surface area (Å²) >= 11 is 8.36. The monoisotopic (exact) mass is 552 g/mol. The smallest absolute Gasteiger partial charge is 0.292 e. The molecule has 38 heavy (non-hydrogen) atoms. The molecule has 1 saturated heterocycles. The number of rotatable bonds is 9. The molecule has 1 aliphatic carbocycles. The van der Waals surface area contributed by atoms with E-state index in [1.807, 2.05) is 17.0 Å². The van der Waals surface area contributed by atoms with Gasteiger partial charge in [0.25, 0.3) is 5.91 Å². The molecule has 2 atom stereocenters. The Morgan fingerprint density at radius 2 is 1.63 bits per heavy atom. The van der Waals surface area contributed by atoms with E-state index in [-0.39, 0.29) is 11.4 Å². The summed E-state index contributed by atoms with van der Waals surface area (Å²) in [5.74, 6) is -1.81. The Hall–Kier alpha value is -2.71. The first kappa shape index (κ1) is 26.9. The second-order valence-electron chi connectivity index (χ2n) is 9.99. The predicted octanol–water partition coefficient (Wildman–Crippen LogP) is 6.03. The number of carbonyl (C=O) groups excluding carboxylic acids is 2. The fourth-order valence-corrected chi connectivity index (χ4v) is 6.27. The number of halogens is 2. The van der Waals surface area contributed by atoms with E-state index < -0.39 is 23.5 Å². The van der Waals surface area contributed by atoms with Gasteiger partial charge in [0.2, 0.25) is 5.78 Å². The van der Waals surface area contributed by atoms with Crippen LogP contribution in [0, 0.1) is 5.82 Å². The van der Waals surface area contributed by atoms with Crippen LogP contribution in [-0.4, -0.2) is 46.1 Å². The number of carbonyl (C=O) groups is 2. The lowest BCUT2D eigenvalue weighted by molar-refractivity contribution is -0.139. The van der Waals surface area contributed by atoms with E-state index in [4.69, 9.17) is 11.6 Å². The van der Waals surface area contributed by atoms with Crippen molar-refractivity contribution in [2.24, 2.45) is 0 Å². The molecular formula is C30H30ClFN2O3S. The number of hydrogen-bond donors (Lipinski definition) is 2. The Balaban J connectivity index is 1.33. The Morgan fingerprint density at radius 3 is 2.21 bits per heavy atom. The van der Waals surface area contributed by atoms with Gasteiger partial charge in [0, 0.05) is 34.4 Å². The van der Waals surface area contributed by atoms with Gasteiger partial charge in [-0.1, -0.05) is 54.1 Å². The van der Waals surface area contributed by atoms with E-state index in [0.29, 0.717) is 28.9 Å². The van der Waals surface area contributed by atoms with Crippen molar-refractivity contribution in [1.82, 2.24) is 10.2 Å². The maximum atomic E-state index is 13.2. The zero-order chi connectivity index (χ0) is 26.9. The van der Waals surface area contributed by atoms with Crippen LogP contribution in [0.1, 0.15) is 48.5 Å². The van der Waals surface area contributed by atoms with Gasteiger partial charge < -0.3 is 10.4 Å². The molecule has 2 N–H and O–H groups in total. The van der Waals surface area contributed by atoms with Crippen LogP contribution in [0.25, 0.3) is 11.1 Å². The number of nitrogens with one attached hydrogen (secondary N) is 1. The summed E-state index contributed by atoms with van der Waals surface area (Å²) in [6.07, 6.45) is 4.25. The SMILES string of the molecule is C[C@@H](NC(=O)C(=O)c1ccc(-c2ccc(F)cc2)cc1)[C@](O)(c1ccc(SC2CC2)c(Cl)c1)N1CCCC1. The molecule has 1 aliphatic heterocycles. The third-order valence-electron chi connectivity index (χ3n) is 7.25. The number of hydrogen-bond acceptors (Lipinski definition) is 5. The van der Waals surface area contributed by atoms with E-state index in [2.05, 4.69) is 5.32 Å². The van der Waals surface area contributed by atoms with Crippen molar-refractivity contribution in [3.8, 4) is 11.1 Å². The summed E-state index contributed by atoms with van der Waals surface area (Å²) in [5, 5.41) is 16.0. The van der Waals surface area contributed by atoms with Crippen molar-refractivity contribution < 1.29 is 19.1 Å². The van der Waals surface area contributed by atoms with Crippen LogP contribution < -0.4 is 5.32 Å². The first-order valence-electron chi connectivity index (χ1n) is 12.9. The summed E-state index contributed by atoms with van der Waals surface area (Å²) in [6, 6.07) is 17.5. The molecular weight excluding hydrogens is 523 g/mol. The van der Waals surface area contributed by atoms with Gasteiger partial charge in [0.15, 0.2) is 5.72 Å². The van der Waals surface area contributed by atoms with Gasteiger partial charge in [-0.2, -0.15) is 0 Å². The number of amides is 1. The number of thioether (sulfide) groups is 1. The van der Waals surface area contributed by atoms with Crippen molar-refractivity contribution >= 4 is 35.1 Å². The predicted molar refractivity (Wildman–Crippen MR) is 149 cm³/mol. The molecule has 1 heterocycles. The Labute approximate surface area is 231 Å². The van der Waals surface area contributed by atoms with E-state index in [9.17, 15) is 19.1 Å². The van der Waals surface area contributed by atoms with Gasteiger partial charge in [0.1, 0.15) is 5.82 Å². The summed E-state index contributed by atoms with van der Waals surface area (Å²) in [5.41, 5.74) is 0.909. The highest BCUT2D eigenvalue weighted by Crippen LogP contribution is 2.43. The van der Waals surface area contributed by atoms with E-state index in [1.54, 1.807) is 61.2 Å². The molecule has 3 aromatic rings. The van der Waals surface area contributed by atoms with Gasteiger partial charge >= 0.3 is 0 Å². The van der Waals surface area contributed by atoms with E-state index in [0.717, 1.165) is 28.9 Å². The van der Waals surface area contributed by atoms with Crippen LogP contribution in [-0.2, 0) is 10.5 Å². The van der Waals surface area contributed by atoms with Crippen LogP contribution in [0.15, 0.2) is 71.6 Å². The zero-order valence-corrected chi connectivity index (χ0v) is 22.7. The highest BCUT2D eigenvalue weighted by molar-refractivity contribution is 8.00. The fourth-order valence-electron chi connectivity index (χ4n) is 4.91. The first-order valence-corrected chi connectivity index (χ1v) is 14.2. The maximum absolute atomic E-state index is 13.2. The topological polar surface area (TPSA) is 69.6 Å². The fraction of sp³-hybridized carbons (Fsp3) is 0.333. The number of ketones is 1. The molecule has 5 rings (SSSR count). The summed E-state index contributed by atoms with van der Waals surface area (Å²) in [6.45, 7) is 3.05. The van der Waals surface area contributed by atoms with Crippen molar-refractivity contribution in [2.45, 2.75) is 54.5 Å². The molecule has 1 amide bonds. The largest absolute Gasteiger partial charge is 0.369 e. The number of Topliss-reactive ketones (excluding diaryl/α,β-unsaturated/α-hetero) is 1. The van der Waals surface area contributed by atoms with Gasteiger partial charge in [-0.05, 0) is 68.0 Å². The minimum atomic E-state index is -1.52. The molecule has 3 aromatic carbocycles. The Kier molecular flexibility index (Phi) is 7.91. The first-order chi connectivity index (χ1) is 18.3. The lowest BCUT2D eigenvalue weighted by Gasteiger charge is -2.42. The molecule has 0 spiro atoms. The third-order valence-corrected chi connectivity index (χ3v) is 9.08. The molecule has 0 radical (unpaired) electrons. The lowest BCUT2D eigenvalue weighted by atomic mass is 9.93. The van der Waals surface area contributed by atoms with Crippen molar-refractivity contribution in [2.75, 3.05) is 13.1 Å². The van der Waals surface area contributed by atoms with Gasteiger partial charge in [-0.25, -0.2) is 4.39 Å². The number of nitrogens with zero attached hydrogens (tertiary/aromatic N) is 1. The van der Waals surface area contributed by atoms with Crippen LogP contribution in [0.3, 0.4) is 0 Å². The average molecular weight is 553 g/mol. The second-order valence-corrected chi connectivity index (χ2v) is 11.7. The molecule has 0 aromatic heterocycles. The molecule has 2 aliphatic rings. The molecule has 0 unspecified atom stereocenters. The Bertz CT molecular complexity index is 1320. The molecule has 2 fully saturated rings. The molecule has 198 valence electrons. The minimum absolute atomic E-state index is 0.231. The van der Waals surface area contributed by atoms with Gasteiger partial charge in [0.05, 0.1) is 11.1 Å². The lowest BCUT2D eigenvalue weighted by Crippen LogP contribution is -2.59. The third kappa shape index (κ3) is 5.66. The van der Waals surface area contributed by atoms with Crippen molar-refractivity contribution in [3.05, 3.63) is 88.7 Å². The van der Waals surface area contributed by atoms with E-state index >= 15 is 0 Å². The Morgan fingerprint density at radius 1 is 1.03 bits per heavy atom. The minimum Gasteiger partial charge on any atom is -0.369 e. The van der Waals surface area contributed by atoms with Crippen molar-refractivity contribution in [3.63, 3.8) is 0 Å². The molecule has 1 saturated carbocycles. The van der Waals surface area contributed by atoms with Crippen LogP contribution >= 0.6 is 23.4 Å². The molecule has 0 bridgehead atoms. The zero-order valence-electron chi connectivity index (χ0n) is 21.1. The van der Waals surface area contributed by atoms with Gasteiger partial charge in [-0.15, -0.1) is 11.8 Å². The molecule has 8 heteroatoms. The summed E-state index contributed by atoms with van der Waals surface area (Å²) in [7, 11) is 0. The standard InChI is InChI=1S/C30H30ClFN2O3S/c1-19(33-29(36)28(35)22-6-4-20(5-7-22)21-8-11-24(32)12-9-21)30(37,34-16-2-3-17-34)23-10-15-27(26(31)18-23)38-25-13-14-25/h4-12,15,18-19,25,37H,2-3,13-14,16-17H2,1H3,(H,33,36)/t19-,30+/m1/s1. The second kappa shape index (κ2) is 11.2. The number of benzene rings is 3. The van der Waals surface area contributed by atoms with Crippen LogP contribution in [0.4, 0.5) is 4.39 Å². The maximum Gasteiger partial charge on any atom is 0.292 e. The van der Waals surface area contributed by atoms with E-state index in [1.165, 1.54) is 25.0 Å². The van der Waals surface area contributed by atoms with Crippen molar-refractivity contribution in [1.29, 1.82) is 0 Å².